The largest absolute Gasteiger partial charge is 0.373 e. The minimum atomic E-state index is -0.211. The molecule has 0 bridgehead atoms. The Labute approximate surface area is 130 Å². The zero-order chi connectivity index (χ0) is 15.6. The fourth-order valence-corrected chi connectivity index (χ4v) is 3.33. The second kappa shape index (κ2) is 6.12. The summed E-state index contributed by atoms with van der Waals surface area (Å²) in [6.45, 7) is 4.57. The quantitative estimate of drug-likeness (QED) is 0.909. The number of nitrogens with one attached hydrogen (secondary N) is 1. The number of urea groups is 1. The van der Waals surface area contributed by atoms with Gasteiger partial charge in [-0.15, -0.1) is 0 Å². The van der Waals surface area contributed by atoms with E-state index in [1.165, 1.54) is 0 Å². The molecule has 0 saturated carbocycles. The van der Waals surface area contributed by atoms with Crippen molar-refractivity contribution in [1.29, 1.82) is 0 Å². The number of aromatic nitrogens is 1. The highest BCUT2D eigenvalue weighted by Crippen LogP contribution is 2.34. The van der Waals surface area contributed by atoms with E-state index in [1.807, 2.05) is 6.92 Å². The Balaban J connectivity index is 1.67. The normalized spacial score (nSPS) is 24.7. The van der Waals surface area contributed by atoms with E-state index in [4.69, 9.17) is 4.74 Å². The van der Waals surface area contributed by atoms with E-state index in [0.29, 0.717) is 25.3 Å². The van der Waals surface area contributed by atoms with Crippen LogP contribution >= 0.6 is 0 Å². The molecule has 1 aromatic rings. The van der Waals surface area contributed by atoms with Crippen LogP contribution in [0.1, 0.15) is 32.6 Å². The molecule has 0 aromatic carbocycles. The van der Waals surface area contributed by atoms with Crippen molar-refractivity contribution in [3.63, 3.8) is 0 Å². The molecular formula is C16H23N3O3. The Morgan fingerprint density at radius 3 is 3.00 bits per heavy atom. The first-order valence-corrected chi connectivity index (χ1v) is 8.03. The van der Waals surface area contributed by atoms with Crippen molar-refractivity contribution in [2.45, 2.75) is 44.8 Å². The summed E-state index contributed by atoms with van der Waals surface area (Å²) in [5, 5.41) is 2.75. The smallest absolute Gasteiger partial charge is 0.322 e. The maximum absolute atomic E-state index is 12.4. The third kappa shape index (κ3) is 2.88. The van der Waals surface area contributed by atoms with E-state index in [9.17, 15) is 9.59 Å². The molecule has 2 saturated heterocycles. The Bertz CT molecular complexity index is 605. The molecule has 1 atom stereocenters. The van der Waals surface area contributed by atoms with Gasteiger partial charge in [0.2, 0.25) is 0 Å². The molecule has 6 nitrogen and oxygen atoms in total. The number of anilines is 1. The highest BCUT2D eigenvalue weighted by Gasteiger charge is 2.41. The molecule has 2 fully saturated rings. The summed E-state index contributed by atoms with van der Waals surface area (Å²) >= 11 is 0. The predicted molar refractivity (Wildman–Crippen MR) is 84.1 cm³/mol. The van der Waals surface area contributed by atoms with Crippen LogP contribution in [-0.2, 0) is 11.3 Å². The molecule has 1 spiro atoms. The highest BCUT2D eigenvalue weighted by atomic mass is 16.5. The number of hydrogen-bond donors (Lipinski definition) is 1. The molecule has 2 amide bonds. The Hall–Kier alpha value is -1.82. The molecule has 1 unspecified atom stereocenters. The van der Waals surface area contributed by atoms with Crippen LogP contribution in [0.15, 0.2) is 23.1 Å². The average molecular weight is 305 g/mol. The van der Waals surface area contributed by atoms with Crippen molar-refractivity contribution in [1.82, 2.24) is 9.47 Å². The van der Waals surface area contributed by atoms with Gasteiger partial charge in [0, 0.05) is 25.9 Å². The molecule has 0 aliphatic carbocycles. The van der Waals surface area contributed by atoms with Crippen LogP contribution in [0, 0.1) is 0 Å². The number of nitrogens with zero attached hydrogens (tertiary/aromatic N) is 2. The topological polar surface area (TPSA) is 63.6 Å². The molecule has 1 aromatic heterocycles. The number of carbonyl (C=O) groups excluding carboxylic acids is 1. The Kier molecular flexibility index (Phi) is 4.20. The van der Waals surface area contributed by atoms with Crippen LogP contribution in [0.4, 0.5) is 10.5 Å². The first-order valence-electron chi connectivity index (χ1n) is 8.03. The van der Waals surface area contributed by atoms with E-state index < -0.39 is 0 Å². The molecule has 3 heterocycles. The average Bonchev–Trinajstić information content (AvgIpc) is 2.94. The number of carbonyl (C=O) groups is 1. The van der Waals surface area contributed by atoms with Gasteiger partial charge in [0.15, 0.2) is 0 Å². The van der Waals surface area contributed by atoms with Crippen LogP contribution in [0.5, 0.6) is 0 Å². The predicted octanol–water partition coefficient (Wildman–Crippen LogP) is 2.05. The van der Waals surface area contributed by atoms with Gasteiger partial charge in [0.25, 0.3) is 5.56 Å². The summed E-state index contributed by atoms with van der Waals surface area (Å²) in [5.41, 5.74) is 0.0108. The third-order valence-corrected chi connectivity index (χ3v) is 4.64. The standard InChI is InChI=1S/C16H23N3O3/c1-2-18-9-5-6-13(14(18)20)17-15(21)19-10-8-16(12-19)7-3-4-11-22-16/h5-6,9H,2-4,7-8,10-12H2,1H3,(H,17,21). The van der Waals surface area contributed by atoms with Crippen LogP contribution in [0.25, 0.3) is 0 Å². The first-order chi connectivity index (χ1) is 10.6. The van der Waals surface area contributed by atoms with E-state index in [2.05, 4.69) is 5.32 Å². The number of likely N-dealkylation sites (tertiary alicyclic amines) is 1. The molecule has 6 heteroatoms. The van der Waals surface area contributed by atoms with Gasteiger partial charge in [-0.2, -0.15) is 0 Å². The zero-order valence-corrected chi connectivity index (χ0v) is 13.0. The second-order valence-electron chi connectivity index (χ2n) is 6.10. The highest BCUT2D eigenvalue weighted by molar-refractivity contribution is 5.89. The van der Waals surface area contributed by atoms with Crippen LogP contribution < -0.4 is 10.9 Å². The number of rotatable bonds is 2. The zero-order valence-electron chi connectivity index (χ0n) is 13.0. The van der Waals surface area contributed by atoms with Crippen LogP contribution in [0.2, 0.25) is 0 Å². The van der Waals surface area contributed by atoms with Gasteiger partial charge in [-0.05, 0) is 44.7 Å². The summed E-state index contributed by atoms with van der Waals surface area (Å²) in [6.07, 6.45) is 5.89. The second-order valence-corrected chi connectivity index (χ2v) is 6.10. The lowest BCUT2D eigenvalue weighted by molar-refractivity contribution is -0.0675. The minimum absolute atomic E-state index is 0.157. The summed E-state index contributed by atoms with van der Waals surface area (Å²) in [4.78, 5) is 26.3. The van der Waals surface area contributed by atoms with Crippen molar-refractivity contribution >= 4 is 11.7 Å². The van der Waals surface area contributed by atoms with Crippen molar-refractivity contribution < 1.29 is 9.53 Å². The molecule has 3 rings (SSSR count). The SMILES string of the molecule is CCn1cccc(NC(=O)N2CCC3(CCCCO3)C2)c1=O. The number of aryl methyl sites for hydroxylation is 1. The fraction of sp³-hybridized carbons (Fsp3) is 0.625. The van der Waals surface area contributed by atoms with Gasteiger partial charge in [-0.25, -0.2) is 4.79 Å². The molecule has 22 heavy (non-hydrogen) atoms. The summed E-state index contributed by atoms with van der Waals surface area (Å²) in [7, 11) is 0. The van der Waals surface area contributed by atoms with Gasteiger partial charge in [-0.3, -0.25) is 4.79 Å². The van der Waals surface area contributed by atoms with E-state index >= 15 is 0 Å². The van der Waals surface area contributed by atoms with Gasteiger partial charge in [0.1, 0.15) is 5.69 Å². The maximum Gasteiger partial charge on any atom is 0.322 e. The van der Waals surface area contributed by atoms with E-state index in [-0.39, 0.29) is 17.2 Å². The molecular weight excluding hydrogens is 282 g/mol. The summed E-state index contributed by atoms with van der Waals surface area (Å²) in [5.74, 6) is 0. The number of amides is 2. The third-order valence-electron chi connectivity index (χ3n) is 4.64. The molecule has 120 valence electrons. The van der Waals surface area contributed by atoms with Crippen molar-refractivity contribution in [3.05, 3.63) is 28.7 Å². The molecule has 2 aliphatic rings. The van der Waals surface area contributed by atoms with Crippen molar-refractivity contribution in [2.24, 2.45) is 0 Å². The lowest BCUT2D eigenvalue weighted by Gasteiger charge is -2.33. The van der Waals surface area contributed by atoms with Crippen molar-refractivity contribution in [3.8, 4) is 0 Å². The van der Waals surface area contributed by atoms with Gasteiger partial charge in [-0.1, -0.05) is 0 Å². The van der Waals surface area contributed by atoms with Crippen molar-refractivity contribution in [2.75, 3.05) is 25.0 Å². The minimum Gasteiger partial charge on any atom is -0.373 e. The summed E-state index contributed by atoms with van der Waals surface area (Å²) in [6, 6.07) is 3.21. The molecule has 2 aliphatic heterocycles. The molecule has 0 radical (unpaired) electrons. The number of ether oxygens (including phenoxy) is 1. The fourth-order valence-electron chi connectivity index (χ4n) is 3.33. The first kappa shape index (κ1) is 15.1. The van der Waals surface area contributed by atoms with Gasteiger partial charge < -0.3 is 19.5 Å². The lowest BCUT2D eigenvalue weighted by atomic mass is 9.93. The van der Waals surface area contributed by atoms with Crippen LogP contribution in [0.3, 0.4) is 0 Å². The Morgan fingerprint density at radius 2 is 2.27 bits per heavy atom. The molecule has 1 N–H and O–H groups in total. The number of hydrogen-bond acceptors (Lipinski definition) is 3. The van der Waals surface area contributed by atoms with Gasteiger partial charge >= 0.3 is 6.03 Å². The van der Waals surface area contributed by atoms with E-state index in [1.54, 1.807) is 27.8 Å². The summed E-state index contributed by atoms with van der Waals surface area (Å²) < 4.78 is 7.50. The maximum atomic E-state index is 12.4. The van der Waals surface area contributed by atoms with Gasteiger partial charge in [0.05, 0.1) is 12.1 Å². The number of pyridine rings is 1. The van der Waals surface area contributed by atoms with Crippen LogP contribution in [-0.4, -0.2) is 40.8 Å². The van der Waals surface area contributed by atoms with E-state index in [0.717, 1.165) is 32.3 Å². The lowest BCUT2D eigenvalue weighted by Crippen LogP contribution is -2.42. The monoisotopic (exact) mass is 305 g/mol. The Morgan fingerprint density at radius 1 is 1.41 bits per heavy atom.